The summed E-state index contributed by atoms with van der Waals surface area (Å²) in [6, 6.07) is 7.04. The highest BCUT2D eigenvalue weighted by Gasteiger charge is 2.11. The molecule has 1 atom stereocenters. The van der Waals surface area contributed by atoms with Gasteiger partial charge in [0, 0.05) is 25.0 Å². The number of hydrogen-bond acceptors (Lipinski definition) is 1. The first-order chi connectivity index (χ1) is 8.97. The van der Waals surface area contributed by atoms with Gasteiger partial charge in [-0.3, -0.25) is 0 Å². The minimum Gasteiger partial charge on any atom is -0.350 e. The summed E-state index contributed by atoms with van der Waals surface area (Å²) in [6.45, 7) is 6.91. The molecular formula is C16H21FN2. The van der Waals surface area contributed by atoms with E-state index in [0.29, 0.717) is 5.92 Å². The molecule has 1 aromatic heterocycles. The normalized spacial score (nSPS) is 12.9. The Balaban J connectivity index is 2.16. The molecule has 2 N–H and O–H groups in total. The molecular weight excluding hydrogens is 239 g/mol. The third-order valence-corrected chi connectivity index (χ3v) is 3.53. The van der Waals surface area contributed by atoms with Crippen molar-refractivity contribution in [2.75, 3.05) is 0 Å². The molecule has 0 radical (unpaired) electrons. The summed E-state index contributed by atoms with van der Waals surface area (Å²) in [5.41, 5.74) is 9.38. The summed E-state index contributed by atoms with van der Waals surface area (Å²) in [5, 5.41) is 0. The van der Waals surface area contributed by atoms with E-state index in [4.69, 9.17) is 5.73 Å². The van der Waals surface area contributed by atoms with Gasteiger partial charge in [0.15, 0.2) is 0 Å². The molecule has 19 heavy (non-hydrogen) atoms. The molecule has 0 aliphatic heterocycles. The number of nitrogens with zero attached hydrogens (tertiary/aromatic N) is 1. The van der Waals surface area contributed by atoms with E-state index in [1.165, 1.54) is 6.07 Å². The van der Waals surface area contributed by atoms with Gasteiger partial charge < -0.3 is 10.3 Å². The van der Waals surface area contributed by atoms with Crippen LogP contribution in [-0.2, 0) is 6.54 Å². The van der Waals surface area contributed by atoms with E-state index in [1.54, 1.807) is 6.07 Å². The maximum Gasteiger partial charge on any atom is 0.123 e. The Morgan fingerprint density at radius 1 is 1.26 bits per heavy atom. The van der Waals surface area contributed by atoms with Crippen molar-refractivity contribution in [1.82, 2.24) is 4.57 Å². The number of aryl methyl sites for hydroxylation is 1. The molecule has 0 aliphatic carbocycles. The average molecular weight is 260 g/mol. The molecule has 0 bridgehead atoms. The van der Waals surface area contributed by atoms with Crippen LogP contribution in [0.2, 0.25) is 0 Å². The molecule has 1 aromatic carbocycles. The summed E-state index contributed by atoms with van der Waals surface area (Å²) < 4.78 is 15.2. The van der Waals surface area contributed by atoms with E-state index in [1.807, 2.05) is 19.2 Å². The quantitative estimate of drug-likeness (QED) is 0.894. The molecule has 0 saturated heterocycles. The van der Waals surface area contributed by atoms with Crippen LogP contribution in [0.3, 0.4) is 0 Å². The Morgan fingerprint density at radius 2 is 2.00 bits per heavy atom. The zero-order valence-electron chi connectivity index (χ0n) is 11.7. The molecule has 102 valence electrons. The predicted molar refractivity (Wildman–Crippen MR) is 76.4 cm³/mol. The molecule has 1 unspecified atom stereocenters. The van der Waals surface area contributed by atoms with Crippen LogP contribution >= 0.6 is 0 Å². The van der Waals surface area contributed by atoms with Crippen molar-refractivity contribution in [3.05, 3.63) is 59.2 Å². The average Bonchev–Trinajstić information content (AvgIpc) is 2.80. The van der Waals surface area contributed by atoms with Gasteiger partial charge in [-0.2, -0.15) is 0 Å². The maximum atomic E-state index is 13.1. The first kappa shape index (κ1) is 13.8. The first-order valence-corrected chi connectivity index (χ1v) is 6.63. The number of aromatic nitrogens is 1. The topological polar surface area (TPSA) is 30.9 Å². The molecule has 3 heteroatoms. The van der Waals surface area contributed by atoms with Crippen LogP contribution in [0.4, 0.5) is 4.39 Å². The lowest BCUT2D eigenvalue weighted by atomic mass is 10.00. The van der Waals surface area contributed by atoms with Gasteiger partial charge in [-0.1, -0.05) is 19.9 Å². The fourth-order valence-electron chi connectivity index (χ4n) is 2.17. The molecule has 0 aliphatic rings. The molecule has 0 spiro atoms. The smallest absolute Gasteiger partial charge is 0.123 e. The molecule has 2 rings (SSSR count). The number of benzene rings is 1. The summed E-state index contributed by atoms with van der Waals surface area (Å²) in [5.74, 6) is 0.236. The van der Waals surface area contributed by atoms with E-state index in [2.05, 4.69) is 30.7 Å². The van der Waals surface area contributed by atoms with Crippen molar-refractivity contribution in [2.45, 2.75) is 33.4 Å². The lowest BCUT2D eigenvalue weighted by molar-refractivity contribution is 0.513. The van der Waals surface area contributed by atoms with Crippen LogP contribution in [-0.4, -0.2) is 4.57 Å². The standard InChI is InChI=1S/C16H21FN2/c1-11(2)16(18)14-6-7-19(10-14)9-13-4-5-15(17)8-12(13)3/h4-8,10-11,16H,9,18H2,1-3H3. The second-order valence-electron chi connectivity index (χ2n) is 5.46. The summed E-state index contributed by atoms with van der Waals surface area (Å²) >= 11 is 0. The number of nitrogens with two attached hydrogens (primary N) is 1. The van der Waals surface area contributed by atoms with Gasteiger partial charge in [0.1, 0.15) is 5.82 Å². The zero-order valence-corrected chi connectivity index (χ0v) is 11.7. The third-order valence-electron chi connectivity index (χ3n) is 3.53. The van der Waals surface area contributed by atoms with Gasteiger partial charge >= 0.3 is 0 Å². The SMILES string of the molecule is Cc1cc(F)ccc1Cn1ccc(C(N)C(C)C)c1. The highest BCUT2D eigenvalue weighted by Crippen LogP contribution is 2.20. The van der Waals surface area contributed by atoms with Crippen LogP contribution in [0.15, 0.2) is 36.7 Å². The van der Waals surface area contributed by atoms with Crippen LogP contribution in [0.25, 0.3) is 0 Å². The minimum absolute atomic E-state index is 0.0653. The summed E-state index contributed by atoms with van der Waals surface area (Å²) in [7, 11) is 0. The van der Waals surface area contributed by atoms with Gasteiger partial charge in [-0.15, -0.1) is 0 Å². The van der Waals surface area contributed by atoms with Crippen LogP contribution in [0.5, 0.6) is 0 Å². The van der Waals surface area contributed by atoms with Crippen molar-refractivity contribution < 1.29 is 4.39 Å². The van der Waals surface area contributed by atoms with E-state index >= 15 is 0 Å². The van der Waals surface area contributed by atoms with Crippen LogP contribution in [0, 0.1) is 18.7 Å². The van der Waals surface area contributed by atoms with Crippen molar-refractivity contribution in [1.29, 1.82) is 0 Å². The number of halogens is 1. The van der Waals surface area contributed by atoms with E-state index in [0.717, 1.165) is 23.2 Å². The predicted octanol–water partition coefficient (Wildman–Crippen LogP) is 3.64. The highest BCUT2D eigenvalue weighted by molar-refractivity contribution is 5.27. The molecule has 0 saturated carbocycles. The lowest BCUT2D eigenvalue weighted by Gasteiger charge is -2.13. The van der Waals surface area contributed by atoms with Crippen molar-refractivity contribution >= 4 is 0 Å². The van der Waals surface area contributed by atoms with Crippen LogP contribution < -0.4 is 5.73 Å². The maximum absolute atomic E-state index is 13.1. The van der Waals surface area contributed by atoms with Gasteiger partial charge in [-0.25, -0.2) is 4.39 Å². The minimum atomic E-state index is -0.184. The monoisotopic (exact) mass is 260 g/mol. The van der Waals surface area contributed by atoms with E-state index in [-0.39, 0.29) is 11.9 Å². The largest absolute Gasteiger partial charge is 0.350 e. The van der Waals surface area contributed by atoms with Gasteiger partial charge in [0.2, 0.25) is 0 Å². The Hall–Kier alpha value is -1.61. The van der Waals surface area contributed by atoms with Gasteiger partial charge in [0.05, 0.1) is 0 Å². The van der Waals surface area contributed by atoms with Crippen LogP contribution in [0.1, 0.15) is 36.6 Å². The zero-order chi connectivity index (χ0) is 14.0. The molecule has 2 aromatic rings. The van der Waals surface area contributed by atoms with Gasteiger partial charge in [-0.05, 0) is 47.7 Å². The molecule has 0 amide bonds. The van der Waals surface area contributed by atoms with Crippen molar-refractivity contribution in [3.8, 4) is 0 Å². The number of rotatable bonds is 4. The first-order valence-electron chi connectivity index (χ1n) is 6.63. The molecule has 2 nitrogen and oxygen atoms in total. The van der Waals surface area contributed by atoms with Crippen molar-refractivity contribution in [3.63, 3.8) is 0 Å². The Labute approximate surface area is 114 Å². The Kier molecular flexibility index (Phi) is 4.05. The second-order valence-corrected chi connectivity index (χ2v) is 5.46. The second kappa shape index (κ2) is 5.57. The summed E-state index contributed by atoms with van der Waals surface area (Å²) in [4.78, 5) is 0. The fourth-order valence-corrected chi connectivity index (χ4v) is 2.17. The Morgan fingerprint density at radius 3 is 2.63 bits per heavy atom. The lowest BCUT2D eigenvalue weighted by Crippen LogP contribution is -2.15. The van der Waals surface area contributed by atoms with E-state index < -0.39 is 0 Å². The fraction of sp³-hybridized carbons (Fsp3) is 0.375. The molecule has 0 fully saturated rings. The van der Waals surface area contributed by atoms with Gasteiger partial charge in [0.25, 0.3) is 0 Å². The third kappa shape index (κ3) is 3.24. The highest BCUT2D eigenvalue weighted by atomic mass is 19.1. The van der Waals surface area contributed by atoms with Crippen molar-refractivity contribution in [2.24, 2.45) is 11.7 Å². The van der Waals surface area contributed by atoms with E-state index in [9.17, 15) is 4.39 Å². The number of hydrogen-bond donors (Lipinski definition) is 1. The Bertz CT molecular complexity index is 558. The summed E-state index contributed by atoms with van der Waals surface area (Å²) in [6.07, 6.45) is 4.10. The molecule has 1 heterocycles.